The van der Waals surface area contributed by atoms with E-state index in [1.807, 2.05) is 0 Å². The van der Waals surface area contributed by atoms with E-state index in [2.05, 4.69) is 0 Å². The lowest BCUT2D eigenvalue weighted by atomic mass is 10.2. The molecule has 1 rings (SSSR count). The number of carbonyl (C=O) groups is 1. The van der Waals surface area contributed by atoms with Gasteiger partial charge in [-0.3, -0.25) is 15.1 Å². The van der Waals surface area contributed by atoms with E-state index in [1.165, 1.54) is 19.9 Å². The van der Waals surface area contributed by atoms with Gasteiger partial charge in [-0.2, -0.15) is 13.2 Å². The van der Waals surface area contributed by atoms with Crippen molar-refractivity contribution in [2.45, 2.75) is 33.0 Å². The van der Waals surface area contributed by atoms with E-state index < -0.39 is 17.1 Å². The van der Waals surface area contributed by atoms with Gasteiger partial charge in [0, 0.05) is 11.8 Å². The van der Waals surface area contributed by atoms with Crippen molar-refractivity contribution < 1.29 is 18.0 Å². The van der Waals surface area contributed by atoms with Crippen molar-refractivity contribution >= 4 is 23.1 Å². The third-order valence-corrected chi connectivity index (χ3v) is 3.71. The summed E-state index contributed by atoms with van der Waals surface area (Å²) >= 11 is 0.596. The Balaban J connectivity index is 3.03. The molecule has 1 amide bonds. The number of hydrogen-bond donors (Lipinski definition) is 1. The third-order valence-electron chi connectivity index (χ3n) is 2.41. The molecule has 1 unspecified atom stereocenters. The molecule has 0 bridgehead atoms. The molecule has 0 aliphatic heterocycles. The van der Waals surface area contributed by atoms with Gasteiger partial charge in [0.2, 0.25) is 5.91 Å². The zero-order chi connectivity index (χ0) is 14.1. The van der Waals surface area contributed by atoms with Gasteiger partial charge in [0.1, 0.15) is 4.88 Å². The summed E-state index contributed by atoms with van der Waals surface area (Å²) in [5, 5.41) is 7.48. The number of thiophene rings is 1. The second kappa shape index (κ2) is 5.09. The Labute approximate surface area is 107 Å². The Bertz CT molecular complexity index is 453. The van der Waals surface area contributed by atoms with Gasteiger partial charge >= 0.3 is 6.18 Å². The number of nitrogens with one attached hydrogen (secondary N) is 1. The summed E-state index contributed by atoms with van der Waals surface area (Å²) < 4.78 is 37.4. The third kappa shape index (κ3) is 3.10. The number of hydrogen-bond acceptors (Lipinski definition) is 3. The predicted molar refractivity (Wildman–Crippen MR) is 63.7 cm³/mol. The van der Waals surface area contributed by atoms with Crippen LogP contribution in [0.1, 0.15) is 36.6 Å². The summed E-state index contributed by atoms with van der Waals surface area (Å²) in [6.07, 6.45) is -4.37. The molecule has 0 spiro atoms. The lowest BCUT2D eigenvalue weighted by molar-refractivity contribution is -0.134. The first-order chi connectivity index (χ1) is 8.14. The number of halogens is 3. The molecule has 0 aliphatic carbocycles. The van der Waals surface area contributed by atoms with Crippen molar-refractivity contribution in [1.82, 2.24) is 4.90 Å². The first-order valence-corrected chi connectivity index (χ1v) is 5.98. The van der Waals surface area contributed by atoms with Gasteiger partial charge in [-0.25, -0.2) is 0 Å². The monoisotopic (exact) mass is 278 g/mol. The molecule has 0 saturated heterocycles. The fourth-order valence-corrected chi connectivity index (χ4v) is 2.57. The molecule has 7 heteroatoms. The number of alkyl halides is 3. The van der Waals surface area contributed by atoms with Crippen LogP contribution in [-0.2, 0) is 11.0 Å². The molecule has 18 heavy (non-hydrogen) atoms. The fourth-order valence-electron chi connectivity index (χ4n) is 1.66. The van der Waals surface area contributed by atoms with Crippen molar-refractivity contribution in [1.29, 1.82) is 5.41 Å². The topological polar surface area (TPSA) is 44.2 Å². The normalized spacial score (nSPS) is 13.2. The number of amidine groups is 1. The highest BCUT2D eigenvalue weighted by molar-refractivity contribution is 7.12. The Hall–Kier alpha value is -1.37. The minimum atomic E-state index is -4.37. The van der Waals surface area contributed by atoms with Gasteiger partial charge in [-0.1, -0.05) is 0 Å². The van der Waals surface area contributed by atoms with E-state index in [0.29, 0.717) is 16.2 Å². The highest BCUT2D eigenvalue weighted by Crippen LogP contribution is 2.37. The number of nitrogens with zero attached hydrogens (tertiary/aromatic N) is 1. The van der Waals surface area contributed by atoms with E-state index in [9.17, 15) is 18.0 Å². The maximum absolute atomic E-state index is 12.5. The van der Waals surface area contributed by atoms with Crippen molar-refractivity contribution in [2.75, 3.05) is 0 Å². The summed E-state index contributed by atoms with van der Waals surface area (Å²) in [7, 11) is 0. The minimum absolute atomic E-state index is 0.0111. The van der Waals surface area contributed by atoms with E-state index in [0.717, 1.165) is 11.0 Å². The molecule has 100 valence electrons. The first kappa shape index (κ1) is 14.7. The highest BCUT2D eigenvalue weighted by atomic mass is 32.1. The highest BCUT2D eigenvalue weighted by Gasteiger charge is 2.33. The lowest BCUT2D eigenvalue weighted by Gasteiger charge is -2.26. The summed E-state index contributed by atoms with van der Waals surface area (Å²) in [6.45, 7) is 4.31. The molecule has 3 nitrogen and oxygen atoms in total. The molecule has 0 aliphatic rings. The van der Waals surface area contributed by atoms with Gasteiger partial charge in [0.05, 0.1) is 11.9 Å². The first-order valence-electron chi connectivity index (χ1n) is 5.16. The number of carbonyl (C=O) groups excluding carboxylic acids is 1. The van der Waals surface area contributed by atoms with Crippen LogP contribution in [0.2, 0.25) is 0 Å². The smallest absolute Gasteiger partial charge is 0.293 e. The van der Waals surface area contributed by atoms with Crippen LogP contribution in [-0.4, -0.2) is 16.6 Å². The summed E-state index contributed by atoms with van der Waals surface area (Å²) in [5.74, 6) is -0.353. The van der Waals surface area contributed by atoms with Crippen LogP contribution in [0.15, 0.2) is 12.1 Å². The Morgan fingerprint density at radius 1 is 1.39 bits per heavy atom. The van der Waals surface area contributed by atoms with Crippen molar-refractivity contribution in [2.24, 2.45) is 0 Å². The predicted octanol–water partition coefficient (Wildman–Crippen LogP) is 3.67. The fraction of sp³-hybridized carbons (Fsp3) is 0.455. The molecule has 1 aromatic heterocycles. The molecule has 0 radical (unpaired) electrons. The Morgan fingerprint density at radius 2 is 1.94 bits per heavy atom. The minimum Gasteiger partial charge on any atom is -0.293 e. The standard InChI is InChI=1S/C11H13F3N2OS/c1-6(16(7(2)15)8(3)17)9-4-5-10(18-9)11(12,13)14/h4-6,15H,1-3H3. The van der Waals surface area contributed by atoms with Crippen molar-refractivity contribution in [3.63, 3.8) is 0 Å². The molecule has 1 N–H and O–H groups in total. The van der Waals surface area contributed by atoms with Gasteiger partial charge in [0.15, 0.2) is 0 Å². The van der Waals surface area contributed by atoms with Crippen molar-refractivity contribution in [3.05, 3.63) is 21.9 Å². The summed E-state index contributed by atoms with van der Waals surface area (Å²) in [4.78, 5) is 12.2. The average Bonchev–Trinajstić information content (AvgIpc) is 2.63. The second-order valence-electron chi connectivity index (χ2n) is 3.85. The van der Waals surface area contributed by atoms with Crippen LogP contribution in [0.5, 0.6) is 0 Å². The van der Waals surface area contributed by atoms with Crippen LogP contribution < -0.4 is 0 Å². The van der Waals surface area contributed by atoms with E-state index in [-0.39, 0.29) is 11.7 Å². The molecule has 0 fully saturated rings. The molecule has 0 aromatic carbocycles. The summed E-state index contributed by atoms with van der Waals surface area (Å²) in [5.41, 5.74) is 0. The lowest BCUT2D eigenvalue weighted by Crippen LogP contribution is -2.34. The maximum atomic E-state index is 12.5. The largest absolute Gasteiger partial charge is 0.425 e. The zero-order valence-corrected chi connectivity index (χ0v) is 10.9. The molecule has 1 atom stereocenters. The molecular formula is C11H13F3N2OS. The summed E-state index contributed by atoms with van der Waals surface area (Å²) in [6, 6.07) is 1.77. The second-order valence-corrected chi connectivity index (χ2v) is 4.97. The maximum Gasteiger partial charge on any atom is 0.425 e. The van der Waals surface area contributed by atoms with Gasteiger partial charge in [0.25, 0.3) is 0 Å². The van der Waals surface area contributed by atoms with E-state index in [4.69, 9.17) is 5.41 Å². The van der Waals surface area contributed by atoms with Crippen LogP contribution in [0.3, 0.4) is 0 Å². The van der Waals surface area contributed by atoms with Crippen LogP contribution >= 0.6 is 11.3 Å². The Kier molecular flexibility index (Phi) is 4.16. The molecule has 0 saturated carbocycles. The van der Waals surface area contributed by atoms with Crippen LogP contribution in [0.25, 0.3) is 0 Å². The van der Waals surface area contributed by atoms with E-state index in [1.54, 1.807) is 6.92 Å². The quantitative estimate of drug-likeness (QED) is 0.651. The number of amides is 1. The van der Waals surface area contributed by atoms with Gasteiger partial charge in [-0.15, -0.1) is 11.3 Å². The van der Waals surface area contributed by atoms with Crippen LogP contribution in [0, 0.1) is 5.41 Å². The number of rotatable bonds is 2. The average molecular weight is 278 g/mol. The van der Waals surface area contributed by atoms with Crippen molar-refractivity contribution in [3.8, 4) is 0 Å². The van der Waals surface area contributed by atoms with E-state index >= 15 is 0 Å². The molecule has 1 aromatic rings. The Morgan fingerprint density at radius 3 is 2.28 bits per heavy atom. The SMILES string of the molecule is CC(=N)N(C(C)=O)C(C)c1ccc(C(F)(F)F)s1. The van der Waals surface area contributed by atoms with Gasteiger partial charge < -0.3 is 0 Å². The zero-order valence-electron chi connectivity index (χ0n) is 10.1. The van der Waals surface area contributed by atoms with Crippen LogP contribution in [0.4, 0.5) is 13.2 Å². The molecule has 1 heterocycles. The molecular weight excluding hydrogens is 265 g/mol. The van der Waals surface area contributed by atoms with Gasteiger partial charge in [-0.05, 0) is 26.0 Å².